The summed E-state index contributed by atoms with van der Waals surface area (Å²) in [6, 6.07) is 9.51. The zero-order valence-corrected chi connectivity index (χ0v) is 15.1. The highest BCUT2D eigenvalue weighted by molar-refractivity contribution is 6.76. The second kappa shape index (κ2) is 7.27. The van der Waals surface area contributed by atoms with Crippen LogP contribution in [0.25, 0.3) is 17.0 Å². The number of aliphatic hydroxyl groups is 1. The lowest BCUT2D eigenvalue weighted by Gasteiger charge is -2.15. The average Bonchev–Trinajstić information content (AvgIpc) is 2.81. The smallest absolute Gasteiger partial charge is 0.122 e. The Kier molecular flexibility index (Phi) is 5.61. The molecule has 0 saturated heterocycles. The Labute approximate surface area is 134 Å². The Hall–Kier alpha value is -1.36. The van der Waals surface area contributed by atoms with Crippen LogP contribution in [-0.4, -0.2) is 31.0 Å². The van der Waals surface area contributed by atoms with Crippen molar-refractivity contribution in [3.8, 4) is 0 Å². The second-order valence-corrected chi connectivity index (χ2v) is 12.7. The molecule has 22 heavy (non-hydrogen) atoms. The van der Waals surface area contributed by atoms with Crippen molar-refractivity contribution in [1.82, 2.24) is 4.57 Å². The van der Waals surface area contributed by atoms with E-state index in [9.17, 15) is 5.11 Å². The fraction of sp³-hybridized carbons (Fsp3) is 0.444. The molecule has 0 unspecified atom stereocenters. The maximum Gasteiger partial charge on any atom is 0.122 e. The molecule has 0 fully saturated rings. The summed E-state index contributed by atoms with van der Waals surface area (Å²) in [6.07, 6.45) is 4.15. The molecule has 0 bridgehead atoms. The maximum absolute atomic E-state index is 9.23. The zero-order valence-electron chi connectivity index (χ0n) is 14.1. The topological polar surface area (TPSA) is 34.4 Å². The normalized spacial score (nSPS) is 13.0. The van der Waals surface area contributed by atoms with Gasteiger partial charge in [-0.15, -0.1) is 0 Å². The highest BCUT2D eigenvalue weighted by Crippen LogP contribution is 2.23. The van der Waals surface area contributed by atoms with Crippen molar-refractivity contribution in [3.63, 3.8) is 0 Å². The molecule has 0 aliphatic heterocycles. The molecule has 120 valence electrons. The van der Waals surface area contributed by atoms with Crippen LogP contribution in [0, 0.1) is 0 Å². The number of aromatic nitrogens is 1. The first-order chi connectivity index (χ1) is 10.4. The first-order valence-electron chi connectivity index (χ1n) is 7.84. The number of benzene rings is 1. The quantitative estimate of drug-likeness (QED) is 0.608. The minimum atomic E-state index is -1.04. The van der Waals surface area contributed by atoms with Gasteiger partial charge in [0.2, 0.25) is 0 Å². The molecular formula is C18H27NO2Si. The van der Waals surface area contributed by atoms with Crippen molar-refractivity contribution in [2.24, 2.45) is 0 Å². The van der Waals surface area contributed by atoms with Crippen molar-refractivity contribution >= 4 is 25.1 Å². The van der Waals surface area contributed by atoms with E-state index in [0.29, 0.717) is 6.73 Å². The van der Waals surface area contributed by atoms with E-state index < -0.39 is 8.07 Å². The highest BCUT2D eigenvalue weighted by Gasteiger charge is 2.12. The average molecular weight is 318 g/mol. The Morgan fingerprint density at radius 3 is 2.68 bits per heavy atom. The first kappa shape index (κ1) is 17.0. The molecule has 0 aliphatic rings. The molecule has 4 heteroatoms. The van der Waals surface area contributed by atoms with Crippen molar-refractivity contribution in [2.45, 2.75) is 39.3 Å². The number of aliphatic hydroxyl groups excluding tert-OH is 1. The van der Waals surface area contributed by atoms with Gasteiger partial charge in [0.05, 0.1) is 12.1 Å². The van der Waals surface area contributed by atoms with E-state index in [1.807, 2.05) is 25.1 Å². The molecule has 0 radical (unpaired) electrons. The van der Waals surface area contributed by atoms with Crippen molar-refractivity contribution in [2.75, 3.05) is 13.2 Å². The van der Waals surface area contributed by atoms with Crippen molar-refractivity contribution in [1.29, 1.82) is 0 Å². The van der Waals surface area contributed by atoms with Gasteiger partial charge in [-0.2, -0.15) is 0 Å². The van der Waals surface area contributed by atoms with Gasteiger partial charge in [0.25, 0.3) is 0 Å². The van der Waals surface area contributed by atoms with E-state index in [2.05, 4.69) is 42.5 Å². The molecule has 1 aromatic heterocycles. The van der Waals surface area contributed by atoms with Gasteiger partial charge in [-0.3, -0.25) is 0 Å². The Morgan fingerprint density at radius 2 is 2.00 bits per heavy atom. The minimum absolute atomic E-state index is 0.0895. The van der Waals surface area contributed by atoms with Crippen LogP contribution in [0.1, 0.15) is 12.5 Å². The SMILES string of the molecule is C/C(=C\c1cn(COCC[Si](C)(C)C)c2ccccc12)CO. The number of hydrogen-bond acceptors (Lipinski definition) is 2. The van der Waals surface area contributed by atoms with Gasteiger partial charge in [-0.25, -0.2) is 0 Å². The minimum Gasteiger partial charge on any atom is -0.392 e. The number of para-hydroxylation sites is 1. The predicted octanol–water partition coefficient (Wildman–Crippen LogP) is 4.35. The van der Waals surface area contributed by atoms with Crippen molar-refractivity contribution < 1.29 is 9.84 Å². The first-order valence-corrected chi connectivity index (χ1v) is 11.5. The van der Waals surface area contributed by atoms with Gasteiger partial charge < -0.3 is 14.4 Å². The molecule has 0 saturated carbocycles. The molecule has 0 spiro atoms. The molecular weight excluding hydrogens is 290 g/mol. The summed E-state index contributed by atoms with van der Waals surface area (Å²) in [5.41, 5.74) is 3.27. The molecule has 0 aliphatic carbocycles. The highest BCUT2D eigenvalue weighted by atomic mass is 28.3. The second-order valence-electron chi connectivity index (χ2n) is 7.07. The summed E-state index contributed by atoms with van der Waals surface area (Å²) in [5.74, 6) is 0. The van der Waals surface area contributed by atoms with Crippen molar-refractivity contribution in [3.05, 3.63) is 41.6 Å². The summed E-state index contributed by atoms with van der Waals surface area (Å²) >= 11 is 0. The molecule has 2 rings (SSSR count). The maximum atomic E-state index is 9.23. The van der Waals surface area contributed by atoms with Crippen LogP contribution in [0.5, 0.6) is 0 Å². The van der Waals surface area contributed by atoms with Crippen LogP contribution < -0.4 is 0 Å². The Balaban J connectivity index is 2.16. The lowest BCUT2D eigenvalue weighted by Crippen LogP contribution is -2.21. The third-order valence-electron chi connectivity index (χ3n) is 3.70. The lowest BCUT2D eigenvalue weighted by atomic mass is 10.1. The van der Waals surface area contributed by atoms with E-state index in [4.69, 9.17) is 4.74 Å². The van der Waals surface area contributed by atoms with Gasteiger partial charge in [0.1, 0.15) is 6.73 Å². The predicted molar refractivity (Wildman–Crippen MR) is 96.8 cm³/mol. The molecule has 1 heterocycles. The monoisotopic (exact) mass is 317 g/mol. The van der Waals surface area contributed by atoms with E-state index in [1.165, 1.54) is 16.9 Å². The van der Waals surface area contributed by atoms with Gasteiger partial charge in [-0.1, -0.05) is 43.9 Å². The molecule has 0 amide bonds. The zero-order chi connectivity index (χ0) is 16.2. The summed E-state index contributed by atoms with van der Waals surface area (Å²) in [6.45, 7) is 10.5. The number of fused-ring (bicyclic) bond motifs is 1. The largest absolute Gasteiger partial charge is 0.392 e. The van der Waals surface area contributed by atoms with E-state index in [-0.39, 0.29) is 6.61 Å². The Morgan fingerprint density at radius 1 is 1.27 bits per heavy atom. The molecule has 1 aromatic carbocycles. The van der Waals surface area contributed by atoms with E-state index >= 15 is 0 Å². The van der Waals surface area contributed by atoms with Crippen LogP contribution in [0.15, 0.2) is 36.0 Å². The number of nitrogens with zero attached hydrogens (tertiary/aromatic N) is 1. The fourth-order valence-corrected chi connectivity index (χ4v) is 3.11. The summed E-state index contributed by atoms with van der Waals surface area (Å²) < 4.78 is 8.02. The van der Waals surface area contributed by atoms with Crippen LogP contribution in [0.3, 0.4) is 0 Å². The van der Waals surface area contributed by atoms with Gasteiger partial charge in [0.15, 0.2) is 0 Å². The number of rotatable bonds is 7. The molecule has 3 nitrogen and oxygen atoms in total. The molecule has 2 aromatic rings. The summed E-state index contributed by atoms with van der Waals surface area (Å²) in [5, 5.41) is 10.4. The Bertz CT molecular complexity index is 653. The van der Waals surface area contributed by atoms with Crippen LogP contribution in [-0.2, 0) is 11.5 Å². The van der Waals surface area contributed by atoms with Crippen LogP contribution in [0.4, 0.5) is 0 Å². The van der Waals surface area contributed by atoms with E-state index in [1.54, 1.807) is 0 Å². The van der Waals surface area contributed by atoms with Gasteiger partial charge in [0, 0.05) is 31.8 Å². The number of ether oxygens (including phenoxy) is 1. The molecule has 1 N–H and O–H groups in total. The lowest BCUT2D eigenvalue weighted by molar-refractivity contribution is 0.0902. The van der Waals surface area contributed by atoms with Crippen LogP contribution in [0.2, 0.25) is 25.7 Å². The van der Waals surface area contributed by atoms with Crippen LogP contribution >= 0.6 is 0 Å². The molecule has 0 atom stereocenters. The van der Waals surface area contributed by atoms with Gasteiger partial charge >= 0.3 is 0 Å². The number of hydrogen-bond donors (Lipinski definition) is 1. The third kappa shape index (κ3) is 4.56. The summed E-state index contributed by atoms with van der Waals surface area (Å²) in [7, 11) is -1.04. The third-order valence-corrected chi connectivity index (χ3v) is 5.40. The standard InChI is InChI=1S/C18H27NO2Si/c1-15(13-20)11-16-12-19(14-21-9-10-22(2,3)4)18-8-6-5-7-17(16)18/h5-8,11-12,20H,9-10,13-14H2,1-4H3/b15-11+. The van der Waals surface area contributed by atoms with E-state index in [0.717, 1.165) is 17.7 Å². The van der Waals surface area contributed by atoms with Gasteiger partial charge in [-0.05, 0) is 24.6 Å². The fourth-order valence-electron chi connectivity index (χ4n) is 2.35. The summed E-state index contributed by atoms with van der Waals surface area (Å²) in [4.78, 5) is 0.